The van der Waals surface area contributed by atoms with Crippen LogP contribution in [0.25, 0.3) is 10.9 Å². The lowest BCUT2D eigenvalue weighted by atomic mass is 10.1. The van der Waals surface area contributed by atoms with Gasteiger partial charge in [-0.05, 0) is 63.6 Å². The molecule has 0 bridgehead atoms. The Labute approximate surface area is 204 Å². The highest BCUT2D eigenvalue weighted by Gasteiger charge is 2.45. The number of carbonyl (C=O) groups is 1. The molecule has 2 aromatic carbocycles. The van der Waals surface area contributed by atoms with Crippen molar-refractivity contribution in [1.29, 1.82) is 0 Å². The first-order valence-electron chi connectivity index (χ1n) is 11.7. The standard InChI is InChI=1S/C26H28FN3O4S/c1-26(2,3)34-25(31)30-12-11-18-15-29(16-23(18)30)22-6-4-5-17-13-21(14-28-24(17)22)35(32,33)20-9-7-19(27)8-10-20/h4-10,13-14,18,23H,11-12,15-16H2,1-3H3. The molecule has 2 aliphatic heterocycles. The average Bonchev–Trinajstić information content (AvgIpc) is 3.38. The van der Waals surface area contributed by atoms with Gasteiger partial charge in [-0.2, -0.15) is 0 Å². The molecule has 2 unspecified atom stereocenters. The smallest absolute Gasteiger partial charge is 0.410 e. The van der Waals surface area contributed by atoms with Crippen LogP contribution in [0.15, 0.2) is 64.5 Å². The van der Waals surface area contributed by atoms with Crippen LogP contribution >= 0.6 is 0 Å². The molecule has 35 heavy (non-hydrogen) atoms. The number of hydrogen-bond donors (Lipinski definition) is 0. The first-order chi connectivity index (χ1) is 16.5. The number of rotatable bonds is 3. The highest BCUT2D eigenvalue weighted by molar-refractivity contribution is 7.91. The number of likely N-dealkylation sites (tertiary alicyclic amines) is 1. The maximum absolute atomic E-state index is 13.3. The highest BCUT2D eigenvalue weighted by Crippen LogP contribution is 2.37. The van der Waals surface area contributed by atoms with Crippen molar-refractivity contribution in [2.45, 2.75) is 48.6 Å². The van der Waals surface area contributed by atoms with E-state index in [2.05, 4.69) is 9.88 Å². The molecule has 0 spiro atoms. The summed E-state index contributed by atoms with van der Waals surface area (Å²) in [5.41, 5.74) is 1.07. The molecule has 0 N–H and O–H groups in total. The van der Waals surface area contributed by atoms with Crippen molar-refractivity contribution in [3.8, 4) is 0 Å². The maximum Gasteiger partial charge on any atom is 0.410 e. The quantitative estimate of drug-likeness (QED) is 0.490. The van der Waals surface area contributed by atoms with Gasteiger partial charge in [0.25, 0.3) is 0 Å². The lowest BCUT2D eigenvalue weighted by Gasteiger charge is -2.29. The van der Waals surface area contributed by atoms with Crippen molar-refractivity contribution >= 4 is 32.5 Å². The second-order valence-corrected chi connectivity index (χ2v) is 12.1. The number of amides is 1. The van der Waals surface area contributed by atoms with Gasteiger partial charge in [-0.1, -0.05) is 12.1 Å². The largest absolute Gasteiger partial charge is 0.444 e. The van der Waals surface area contributed by atoms with E-state index in [4.69, 9.17) is 4.74 Å². The Bertz CT molecular complexity index is 1390. The van der Waals surface area contributed by atoms with E-state index >= 15 is 0 Å². The molecule has 0 radical (unpaired) electrons. The molecule has 5 rings (SSSR count). The van der Waals surface area contributed by atoms with Crippen LogP contribution in [0.5, 0.6) is 0 Å². The molecular formula is C26H28FN3O4S. The number of ether oxygens (including phenoxy) is 1. The molecule has 1 amide bonds. The summed E-state index contributed by atoms with van der Waals surface area (Å²) < 4.78 is 44.9. The van der Waals surface area contributed by atoms with Crippen LogP contribution in [0.4, 0.5) is 14.9 Å². The number of aromatic nitrogens is 1. The molecule has 7 nitrogen and oxygen atoms in total. The SMILES string of the molecule is CC(C)(C)OC(=O)N1CCC2CN(c3cccc4cc(S(=O)(=O)c5ccc(F)cc5)cnc34)CC21. The predicted molar refractivity (Wildman–Crippen MR) is 131 cm³/mol. The lowest BCUT2D eigenvalue weighted by molar-refractivity contribution is 0.0229. The molecule has 3 heterocycles. The summed E-state index contributed by atoms with van der Waals surface area (Å²) >= 11 is 0. The van der Waals surface area contributed by atoms with E-state index in [9.17, 15) is 17.6 Å². The number of fused-ring (bicyclic) bond motifs is 2. The molecule has 2 fully saturated rings. The van der Waals surface area contributed by atoms with Crippen LogP contribution in [0, 0.1) is 11.7 Å². The van der Waals surface area contributed by atoms with E-state index in [1.807, 2.05) is 43.9 Å². The van der Waals surface area contributed by atoms with Gasteiger partial charge < -0.3 is 14.5 Å². The fourth-order valence-corrected chi connectivity index (χ4v) is 6.22. The van der Waals surface area contributed by atoms with Crippen LogP contribution in [-0.2, 0) is 14.6 Å². The Morgan fingerprint density at radius 3 is 2.54 bits per heavy atom. The monoisotopic (exact) mass is 497 g/mol. The molecular weight excluding hydrogens is 469 g/mol. The summed E-state index contributed by atoms with van der Waals surface area (Å²) in [5, 5.41) is 0.701. The van der Waals surface area contributed by atoms with Crippen molar-refractivity contribution in [1.82, 2.24) is 9.88 Å². The first-order valence-corrected chi connectivity index (χ1v) is 13.2. The third-order valence-corrected chi connectivity index (χ3v) is 8.35. The Morgan fingerprint density at radius 1 is 1.09 bits per heavy atom. The predicted octanol–water partition coefficient (Wildman–Crippen LogP) is 4.65. The van der Waals surface area contributed by atoms with Gasteiger partial charge in [-0.25, -0.2) is 17.6 Å². The minimum absolute atomic E-state index is 0.0193. The second kappa shape index (κ2) is 8.48. The van der Waals surface area contributed by atoms with Crippen molar-refractivity contribution in [2.75, 3.05) is 24.5 Å². The van der Waals surface area contributed by atoms with E-state index < -0.39 is 21.3 Å². The van der Waals surface area contributed by atoms with Gasteiger partial charge in [-0.3, -0.25) is 4.98 Å². The molecule has 184 valence electrons. The number of para-hydroxylation sites is 1. The Morgan fingerprint density at radius 2 is 1.83 bits per heavy atom. The van der Waals surface area contributed by atoms with E-state index in [1.165, 1.54) is 18.3 Å². The average molecular weight is 498 g/mol. The molecule has 2 atom stereocenters. The number of anilines is 1. The number of sulfone groups is 1. The number of nitrogens with zero attached hydrogens (tertiary/aromatic N) is 3. The van der Waals surface area contributed by atoms with Crippen molar-refractivity contribution in [2.24, 2.45) is 5.92 Å². The fraction of sp³-hybridized carbons (Fsp3) is 0.385. The van der Waals surface area contributed by atoms with Gasteiger partial charge in [0.1, 0.15) is 11.4 Å². The normalized spacial score (nSPS) is 20.3. The summed E-state index contributed by atoms with van der Waals surface area (Å²) in [6.45, 7) is 7.75. The van der Waals surface area contributed by atoms with E-state index in [1.54, 1.807) is 6.07 Å². The van der Waals surface area contributed by atoms with Crippen molar-refractivity contribution in [3.63, 3.8) is 0 Å². The Balaban J connectivity index is 1.41. The van der Waals surface area contributed by atoms with Crippen LogP contribution in [-0.4, -0.2) is 55.7 Å². The summed E-state index contributed by atoms with van der Waals surface area (Å²) in [6, 6.07) is 12.1. The van der Waals surface area contributed by atoms with Gasteiger partial charge in [-0.15, -0.1) is 0 Å². The molecule has 1 aromatic heterocycles. The number of halogens is 1. The van der Waals surface area contributed by atoms with Gasteiger partial charge in [0.2, 0.25) is 9.84 Å². The highest BCUT2D eigenvalue weighted by atomic mass is 32.2. The number of hydrogen-bond acceptors (Lipinski definition) is 6. The second-order valence-electron chi connectivity index (χ2n) is 10.2. The van der Waals surface area contributed by atoms with Gasteiger partial charge >= 0.3 is 6.09 Å². The maximum atomic E-state index is 13.3. The Hall–Kier alpha value is -3.20. The van der Waals surface area contributed by atoms with Gasteiger partial charge in [0.15, 0.2) is 0 Å². The number of carbonyl (C=O) groups excluding carboxylic acids is 1. The molecule has 0 saturated carbocycles. The summed E-state index contributed by atoms with van der Waals surface area (Å²) in [4.78, 5) is 21.4. The molecule has 2 saturated heterocycles. The van der Waals surface area contributed by atoms with Gasteiger partial charge in [0.05, 0.1) is 27.0 Å². The van der Waals surface area contributed by atoms with Crippen molar-refractivity contribution < 1.29 is 22.3 Å². The number of benzene rings is 2. The topological polar surface area (TPSA) is 79.8 Å². The zero-order valence-electron chi connectivity index (χ0n) is 19.9. The van der Waals surface area contributed by atoms with E-state index in [0.29, 0.717) is 29.9 Å². The molecule has 2 aliphatic rings. The fourth-order valence-electron chi connectivity index (χ4n) is 4.98. The molecule has 0 aliphatic carbocycles. The minimum atomic E-state index is -3.82. The summed E-state index contributed by atoms with van der Waals surface area (Å²) in [7, 11) is -3.82. The van der Waals surface area contributed by atoms with E-state index in [0.717, 1.165) is 30.8 Å². The Kier molecular flexibility index (Phi) is 5.70. The van der Waals surface area contributed by atoms with Crippen molar-refractivity contribution in [3.05, 3.63) is 60.5 Å². The summed E-state index contributed by atoms with van der Waals surface area (Å²) in [6.07, 6.45) is 1.99. The minimum Gasteiger partial charge on any atom is -0.444 e. The third-order valence-electron chi connectivity index (χ3n) is 6.62. The zero-order valence-corrected chi connectivity index (χ0v) is 20.8. The van der Waals surface area contributed by atoms with Crippen LogP contribution in [0.3, 0.4) is 0 Å². The lowest BCUT2D eigenvalue weighted by Crippen LogP contribution is -2.42. The molecule has 3 aromatic rings. The first kappa shape index (κ1) is 23.5. The van der Waals surface area contributed by atoms with Crippen LogP contribution in [0.1, 0.15) is 27.2 Å². The molecule has 9 heteroatoms. The third kappa shape index (κ3) is 4.45. The number of pyridine rings is 1. The van der Waals surface area contributed by atoms with E-state index in [-0.39, 0.29) is 21.9 Å². The van der Waals surface area contributed by atoms with Crippen LogP contribution in [0.2, 0.25) is 0 Å². The summed E-state index contributed by atoms with van der Waals surface area (Å²) in [5.74, 6) is -0.151. The zero-order chi connectivity index (χ0) is 25.0. The van der Waals surface area contributed by atoms with Crippen LogP contribution < -0.4 is 4.90 Å². The van der Waals surface area contributed by atoms with Gasteiger partial charge in [0, 0.05) is 37.1 Å².